The Bertz CT molecular complexity index is 967. The van der Waals surface area contributed by atoms with Crippen LogP contribution < -0.4 is 4.74 Å². The maximum atomic E-state index is 11.7. The van der Waals surface area contributed by atoms with Gasteiger partial charge in [0.1, 0.15) is 5.75 Å². The molecule has 0 aromatic heterocycles. The number of unbranched alkanes of at least 4 members (excludes halogenated alkanes) is 9. The highest BCUT2D eigenvalue weighted by Crippen LogP contribution is 2.42. The van der Waals surface area contributed by atoms with Gasteiger partial charge in [0.2, 0.25) is 0 Å². The molecule has 0 aliphatic heterocycles. The summed E-state index contributed by atoms with van der Waals surface area (Å²) in [6.45, 7) is 2.74. The first-order valence-corrected chi connectivity index (χ1v) is 14.6. The first kappa shape index (κ1) is 30.4. The van der Waals surface area contributed by atoms with Crippen LogP contribution in [0.2, 0.25) is 0 Å². The Morgan fingerprint density at radius 1 is 0.917 bits per heavy atom. The van der Waals surface area contributed by atoms with Gasteiger partial charge in [-0.25, -0.2) is 9.59 Å². The van der Waals surface area contributed by atoms with E-state index in [4.69, 9.17) is 4.74 Å². The lowest BCUT2D eigenvalue weighted by atomic mass is 10.1. The second-order valence-corrected chi connectivity index (χ2v) is 11.3. The van der Waals surface area contributed by atoms with Gasteiger partial charge in [-0.3, -0.25) is 0 Å². The van der Waals surface area contributed by atoms with Gasteiger partial charge in [-0.05, 0) is 65.4 Å². The Labute approximate surface area is 232 Å². The van der Waals surface area contributed by atoms with E-state index in [1.807, 2.05) is 18.2 Å². The minimum atomic E-state index is -1.69. The summed E-state index contributed by atoms with van der Waals surface area (Å²) in [6, 6.07) is 11.8. The fraction of sp³-hybridized carbons (Fsp3) is 0.500. The van der Waals surface area contributed by atoms with Crippen LogP contribution in [0, 0.1) is 3.57 Å². The molecule has 0 radical (unpaired) electrons. The van der Waals surface area contributed by atoms with Crippen molar-refractivity contribution in [1.82, 2.24) is 0 Å². The minimum absolute atomic E-state index is 0.101. The molecule has 2 atom stereocenters. The number of carboxylic acids is 2. The second kappa shape index (κ2) is 16.9. The maximum Gasteiger partial charge on any atom is 0.335 e. The summed E-state index contributed by atoms with van der Waals surface area (Å²) in [5, 5.41) is 28.6. The van der Waals surface area contributed by atoms with E-state index in [1.54, 1.807) is 12.1 Å². The summed E-state index contributed by atoms with van der Waals surface area (Å²) >= 11 is 3.26. The number of ether oxygens (including phenoxy) is 1. The molecule has 6 nitrogen and oxygen atoms in total. The monoisotopic (exact) mass is 628 g/mol. The molecule has 0 saturated carbocycles. The Morgan fingerprint density at radius 3 is 2.17 bits per heavy atom. The van der Waals surface area contributed by atoms with Crippen LogP contribution in [-0.2, 0) is 4.79 Å². The van der Waals surface area contributed by atoms with E-state index < -0.39 is 23.3 Å². The van der Waals surface area contributed by atoms with Crippen LogP contribution in [0.1, 0.15) is 92.3 Å². The van der Waals surface area contributed by atoms with E-state index in [0.29, 0.717) is 22.8 Å². The first-order valence-electron chi connectivity index (χ1n) is 12.7. The average molecular weight is 629 g/mol. The van der Waals surface area contributed by atoms with Crippen molar-refractivity contribution in [3.8, 4) is 5.75 Å². The molecular weight excluding hydrogens is 591 g/mol. The van der Waals surface area contributed by atoms with Gasteiger partial charge >= 0.3 is 11.9 Å². The number of aliphatic carboxylic acids is 1. The van der Waals surface area contributed by atoms with Crippen molar-refractivity contribution in [3.05, 3.63) is 57.2 Å². The van der Waals surface area contributed by atoms with Crippen LogP contribution in [0.4, 0.5) is 0 Å². The van der Waals surface area contributed by atoms with Crippen molar-refractivity contribution in [2.45, 2.75) is 87.4 Å². The smallest absolute Gasteiger partial charge is 0.335 e. The number of hydrogen-bond acceptors (Lipinski definition) is 5. The van der Waals surface area contributed by atoms with Gasteiger partial charge in [0.25, 0.3) is 0 Å². The summed E-state index contributed by atoms with van der Waals surface area (Å²) in [6.07, 6.45) is 10.5. The molecule has 0 amide bonds. The normalized spacial score (nSPS) is 12.8. The van der Waals surface area contributed by atoms with Crippen molar-refractivity contribution in [2.24, 2.45) is 0 Å². The largest absolute Gasteiger partial charge is 0.493 e. The third kappa shape index (κ3) is 10.7. The van der Waals surface area contributed by atoms with E-state index in [1.165, 1.54) is 63.5 Å². The number of rotatable bonds is 18. The lowest BCUT2D eigenvalue weighted by molar-refractivity contribution is -0.146. The number of aromatic carboxylic acids is 1. The Morgan fingerprint density at radius 2 is 1.56 bits per heavy atom. The number of aliphatic hydroxyl groups excluding tert-OH is 1. The molecule has 2 rings (SSSR count). The molecule has 8 heteroatoms. The molecule has 198 valence electrons. The highest BCUT2D eigenvalue weighted by atomic mass is 127. The zero-order chi connectivity index (χ0) is 26.3. The number of halogens is 1. The van der Waals surface area contributed by atoms with E-state index in [0.717, 1.165) is 28.2 Å². The van der Waals surface area contributed by atoms with Crippen LogP contribution in [0.15, 0.2) is 47.4 Å². The van der Waals surface area contributed by atoms with E-state index in [9.17, 15) is 24.9 Å². The number of benzene rings is 2. The van der Waals surface area contributed by atoms with Gasteiger partial charge in [-0.2, -0.15) is 0 Å². The number of carbonyl (C=O) groups is 2. The highest BCUT2D eigenvalue weighted by Gasteiger charge is 2.31. The van der Waals surface area contributed by atoms with Gasteiger partial charge in [0, 0.05) is 14.0 Å². The van der Waals surface area contributed by atoms with Crippen LogP contribution in [0.25, 0.3) is 0 Å². The lowest BCUT2D eigenvalue weighted by Crippen LogP contribution is -2.26. The second-order valence-electron chi connectivity index (χ2n) is 8.87. The SMILES string of the molecule is CCCCCCCCCCCCOc1ccc(I)cc1C(Sc1cccc(C(=O)O)c1)C(O)C(=O)O. The molecule has 2 aromatic rings. The van der Waals surface area contributed by atoms with E-state index in [2.05, 4.69) is 29.5 Å². The Hall–Kier alpha value is -1.78. The summed E-state index contributed by atoms with van der Waals surface area (Å²) in [5.74, 6) is -1.87. The molecule has 0 spiro atoms. The predicted octanol–water partition coefficient (Wildman–Crippen LogP) is 7.57. The Kier molecular flexibility index (Phi) is 14.3. The molecule has 0 bridgehead atoms. The zero-order valence-corrected chi connectivity index (χ0v) is 23.8. The van der Waals surface area contributed by atoms with Crippen LogP contribution >= 0.6 is 34.4 Å². The van der Waals surface area contributed by atoms with Crippen molar-refractivity contribution >= 4 is 46.3 Å². The first-order chi connectivity index (χ1) is 17.3. The summed E-state index contributed by atoms with van der Waals surface area (Å²) in [7, 11) is 0. The molecule has 0 fully saturated rings. The molecule has 0 aliphatic rings. The van der Waals surface area contributed by atoms with Crippen molar-refractivity contribution in [3.63, 3.8) is 0 Å². The van der Waals surface area contributed by atoms with Crippen LogP contribution in [0.5, 0.6) is 5.75 Å². The molecule has 0 saturated heterocycles. The predicted molar refractivity (Wildman–Crippen MR) is 152 cm³/mol. The van der Waals surface area contributed by atoms with Gasteiger partial charge in [0.05, 0.1) is 17.4 Å². The standard InChI is InChI=1S/C28H37IO6S/c1-2-3-4-5-6-7-8-9-10-11-17-35-24-16-15-21(29)19-23(24)26(25(30)28(33)34)36-22-14-12-13-20(18-22)27(31)32/h12-16,18-19,25-26,30H,2-11,17H2,1H3,(H,31,32)(H,33,34). The lowest BCUT2D eigenvalue weighted by Gasteiger charge is -2.23. The highest BCUT2D eigenvalue weighted by molar-refractivity contribution is 14.1. The van der Waals surface area contributed by atoms with Gasteiger partial charge in [-0.15, -0.1) is 11.8 Å². The minimum Gasteiger partial charge on any atom is -0.493 e. The fourth-order valence-corrected chi connectivity index (χ4v) is 5.64. The molecule has 0 aliphatic carbocycles. The van der Waals surface area contributed by atoms with Crippen molar-refractivity contribution < 1.29 is 29.6 Å². The van der Waals surface area contributed by atoms with Crippen LogP contribution in [-0.4, -0.2) is 40.0 Å². The third-order valence-corrected chi connectivity index (χ3v) is 7.88. The summed E-state index contributed by atoms with van der Waals surface area (Å²) in [4.78, 5) is 23.6. The number of hydrogen-bond donors (Lipinski definition) is 3. The zero-order valence-electron chi connectivity index (χ0n) is 20.8. The van der Waals surface area contributed by atoms with Gasteiger partial charge in [-0.1, -0.05) is 70.8 Å². The quantitative estimate of drug-likeness (QED) is 0.0889. The molecular formula is C28H37IO6S. The number of aliphatic hydroxyl groups is 1. The molecule has 36 heavy (non-hydrogen) atoms. The summed E-state index contributed by atoms with van der Waals surface area (Å²) in [5.41, 5.74) is 0.679. The van der Waals surface area contributed by atoms with Gasteiger partial charge < -0.3 is 20.1 Å². The maximum absolute atomic E-state index is 11.7. The van der Waals surface area contributed by atoms with Gasteiger partial charge in [0.15, 0.2) is 6.10 Å². The number of thioether (sulfide) groups is 1. The molecule has 3 N–H and O–H groups in total. The van der Waals surface area contributed by atoms with Crippen molar-refractivity contribution in [2.75, 3.05) is 6.61 Å². The topological polar surface area (TPSA) is 104 Å². The molecule has 2 unspecified atom stereocenters. The third-order valence-electron chi connectivity index (χ3n) is 5.92. The average Bonchev–Trinajstić information content (AvgIpc) is 2.86. The van der Waals surface area contributed by atoms with E-state index >= 15 is 0 Å². The summed E-state index contributed by atoms with van der Waals surface area (Å²) < 4.78 is 6.95. The Balaban J connectivity index is 2.01. The number of carboxylic acid groups (broad SMARTS) is 2. The molecule has 0 heterocycles. The van der Waals surface area contributed by atoms with Crippen LogP contribution in [0.3, 0.4) is 0 Å². The van der Waals surface area contributed by atoms with Crippen molar-refractivity contribution in [1.29, 1.82) is 0 Å². The molecule has 2 aromatic carbocycles. The van der Waals surface area contributed by atoms with E-state index in [-0.39, 0.29) is 5.56 Å². The fourth-order valence-electron chi connectivity index (χ4n) is 3.92.